The largest absolute Gasteiger partial charge is 0.508 e. The minimum Gasteiger partial charge on any atom is -0.508 e. The predicted octanol–water partition coefficient (Wildman–Crippen LogP) is 1.20. The number of carbonyl (C=O) groups is 2. The summed E-state index contributed by atoms with van der Waals surface area (Å²) < 4.78 is 0. The van der Waals surface area contributed by atoms with Gasteiger partial charge in [-0.3, -0.25) is 9.59 Å². The highest BCUT2D eigenvalue weighted by Gasteiger charge is 2.42. The van der Waals surface area contributed by atoms with Crippen molar-refractivity contribution in [3.8, 4) is 11.8 Å². The number of carbonyl (C=O) groups excluding carboxylic acids is 2. The molecular formula is C14H12N2O4. The number of benzene rings is 1. The zero-order valence-corrected chi connectivity index (χ0v) is 10.7. The van der Waals surface area contributed by atoms with Gasteiger partial charge < -0.3 is 15.1 Å². The molecule has 20 heavy (non-hydrogen) atoms. The molecule has 1 aromatic rings. The molecule has 0 fully saturated rings. The molecule has 1 aliphatic rings. The highest BCUT2D eigenvalue weighted by Crippen LogP contribution is 2.37. The Morgan fingerprint density at radius 1 is 1.35 bits per heavy atom. The first-order valence-electron chi connectivity index (χ1n) is 5.88. The third-order valence-corrected chi connectivity index (χ3v) is 3.13. The van der Waals surface area contributed by atoms with Gasteiger partial charge in [-0.05, 0) is 24.6 Å². The van der Waals surface area contributed by atoms with E-state index >= 15 is 0 Å². The highest BCUT2D eigenvalue weighted by atomic mass is 16.3. The summed E-state index contributed by atoms with van der Waals surface area (Å²) in [5.74, 6) is -1.75. The number of nitrogens with zero attached hydrogens (tertiary/aromatic N) is 2. The van der Waals surface area contributed by atoms with Crippen LogP contribution in [0.15, 0.2) is 35.6 Å². The van der Waals surface area contributed by atoms with Crippen LogP contribution in [0.4, 0.5) is 0 Å². The average molecular weight is 272 g/mol. The molecule has 0 unspecified atom stereocenters. The number of phenols is 1. The topological polar surface area (TPSA) is 102 Å². The lowest BCUT2D eigenvalue weighted by molar-refractivity contribution is -0.128. The minimum absolute atomic E-state index is 0.0315. The monoisotopic (exact) mass is 272 g/mol. The molecule has 1 aromatic carbocycles. The molecule has 0 saturated carbocycles. The molecule has 0 aliphatic carbocycles. The molecule has 102 valence electrons. The van der Waals surface area contributed by atoms with E-state index in [2.05, 4.69) is 0 Å². The smallest absolute Gasteiger partial charge is 0.290 e. The first kappa shape index (κ1) is 13.6. The van der Waals surface area contributed by atoms with E-state index in [0.29, 0.717) is 5.56 Å². The normalized spacial score (nSPS) is 18.3. The van der Waals surface area contributed by atoms with Crippen LogP contribution in [0.25, 0.3) is 0 Å². The fourth-order valence-electron chi connectivity index (χ4n) is 2.26. The number of hydrogen-bond acceptors (Lipinski definition) is 5. The van der Waals surface area contributed by atoms with Crippen molar-refractivity contribution in [1.29, 1.82) is 5.26 Å². The number of aliphatic hydroxyl groups excluding tert-OH is 1. The number of hydrogen-bond donors (Lipinski definition) is 2. The number of phenolic OH excluding ortho intramolecular Hbond substituents is 1. The van der Waals surface area contributed by atoms with E-state index in [1.54, 1.807) is 12.1 Å². The molecule has 2 rings (SSSR count). The SMILES string of the molecule is CC(=O)C1=C(O)C(=O)N(CC#N)[C@@H]1c1ccc(O)cc1. The number of nitriles is 1. The maximum Gasteiger partial charge on any atom is 0.290 e. The minimum atomic E-state index is -0.805. The molecule has 6 nitrogen and oxygen atoms in total. The van der Waals surface area contributed by atoms with Crippen LogP contribution in [-0.2, 0) is 9.59 Å². The molecule has 0 radical (unpaired) electrons. The van der Waals surface area contributed by atoms with Crippen LogP contribution in [0.2, 0.25) is 0 Å². The standard InChI is InChI=1S/C14H12N2O4/c1-8(17)11-12(9-2-4-10(18)5-3-9)16(7-6-15)14(20)13(11)19/h2-5,12,18-19H,7H2,1H3/t12-/m1/s1. The summed E-state index contributed by atoms with van der Waals surface area (Å²) in [5, 5.41) is 27.9. The van der Waals surface area contributed by atoms with Crippen LogP contribution >= 0.6 is 0 Å². The van der Waals surface area contributed by atoms with E-state index in [1.165, 1.54) is 19.1 Å². The summed E-state index contributed by atoms with van der Waals surface area (Å²) in [6.45, 7) is 1.01. The van der Waals surface area contributed by atoms with Crippen molar-refractivity contribution < 1.29 is 19.8 Å². The Labute approximate surface area is 115 Å². The third kappa shape index (κ3) is 2.10. The second-order valence-electron chi connectivity index (χ2n) is 4.40. The Morgan fingerprint density at radius 3 is 2.45 bits per heavy atom. The summed E-state index contributed by atoms with van der Waals surface area (Å²) in [7, 11) is 0. The summed E-state index contributed by atoms with van der Waals surface area (Å²) in [6, 6.07) is 6.94. The molecule has 0 saturated heterocycles. The van der Waals surface area contributed by atoms with Gasteiger partial charge in [-0.15, -0.1) is 0 Å². The Bertz CT molecular complexity index is 640. The molecule has 2 N–H and O–H groups in total. The van der Waals surface area contributed by atoms with Crippen LogP contribution in [-0.4, -0.2) is 33.3 Å². The van der Waals surface area contributed by atoms with E-state index in [0.717, 1.165) is 4.90 Å². The van der Waals surface area contributed by atoms with Gasteiger partial charge in [-0.2, -0.15) is 5.26 Å². The van der Waals surface area contributed by atoms with Gasteiger partial charge in [0.15, 0.2) is 11.5 Å². The Balaban J connectivity index is 2.54. The number of aliphatic hydroxyl groups is 1. The molecule has 0 bridgehead atoms. The van der Waals surface area contributed by atoms with Gasteiger partial charge in [0, 0.05) is 0 Å². The van der Waals surface area contributed by atoms with Gasteiger partial charge in [0.05, 0.1) is 17.7 Å². The molecule has 1 aliphatic heterocycles. The Kier molecular flexibility index (Phi) is 3.44. The average Bonchev–Trinajstić information content (AvgIpc) is 2.65. The number of ketones is 1. The van der Waals surface area contributed by atoms with Crippen LogP contribution in [0.3, 0.4) is 0 Å². The summed E-state index contributed by atoms with van der Waals surface area (Å²) in [6.07, 6.45) is 0. The zero-order chi connectivity index (χ0) is 14.9. The van der Waals surface area contributed by atoms with Gasteiger partial charge in [-0.25, -0.2) is 0 Å². The molecule has 0 aromatic heterocycles. The van der Waals surface area contributed by atoms with Crippen LogP contribution in [0.1, 0.15) is 18.5 Å². The van der Waals surface area contributed by atoms with Crippen molar-refractivity contribution in [2.45, 2.75) is 13.0 Å². The van der Waals surface area contributed by atoms with Gasteiger partial charge in [0.25, 0.3) is 5.91 Å². The van der Waals surface area contributed by atoms with E-state index in [-0.39, 0.29) is 17.9 Å². The van der Waals surface area contributed by atoms with Gasteiger partial charge >= 0.3 is 0 Å². The summed E-state index contributed by atoms with van der Waals surface area (Å²) >= 11 is 0. The van der Waals surface area contributed by atoms with Crippen LogP contribution in [0, 0.1) is 11.3 Å². The molecule has 1 atom stereocenters. The first-order chi connectivity index (χ1) is 9.47. The van der Waals surface area contributed by atoms with Crippen LogP contribution in [0.5, 0.6) is 5.75 Å². The fraction of sp³-hybridized carbons (Fsp3) is 0.214. The van der Waals surface area contributed by atoms with Crippen molar-refractivity contribution >= 4 is 11.7 Å². The summed E-state index contributed by atoms with van der Waals surface area (Å²) in [5.41, 5.74) is 0.511. The van der Waals surface area contributed by atoms with Crippen molar-refractivity contribution in [1.82, 2.24) is 4.90 Å². The van der Waals surface area contributed by atoms with Gasteiger partial charge in [0.1, 0.15) is 12.3 Å². The van der Waals surface area contributed by atoms with E-state index < -0.39 is 23.5 Å². The molecular weight excluding hydrogens is 260 g/mol. The predicted molar refractivity (Wildman–Crippen MR) is 68.5 cm³/mol. The number of rotatable bonds is 3. The van der Waals surface area contributed by atoms with Gasteiger partial charge in [0.2, 0.25) is 0 Å². The lowest BCUT2D eigenvalue weighted by Gasteiger charge is -2.23. The third-order valence-electron chi connectivity index (χ3n) is 3.13. The van der Waals surface area contributed by atoms with Gasteiger partial charge in [-0.1, -0.05) is 12.1 Å². The lowest BCUT2D eigenvalue weighted by Crippen LogP contribution is -2.31. The van der Waals surface area contributed by atoms with Crippen molar-refractivity contribution in [2.75, 3.05) is 6.54 Å². The van der Waals surface area contributed by atoms with Crippen molar-refractivity contribution in [3.63, 3.8) is 0 Å². The maximum absolute atomic E-state index is 11.9. The van der Waals surface area contributed by atoms with E-state index in [1.807, 2.05) is 6.07 Å². The van der Waals surface area contributed by atoms with E-state index in [4.69, 9.17) is 5.26 Å². The Hall–Kier alpha value is -2.81. The number of amides is 1. The molecule has 1 heterocycles. The van der Waals surface area contributed by atoms with Crippen molar-refractivity contribution in [3.05, 3.63) is 41.2 Å². The molecule has 0 spiro atoms. The fourth-order valence-corrected chi connectivity index (χ4v) is 2.26. The molecule has 6 heteroatoms. The van der Waals surface area contributed by atoms with Crippen molar-refractivity contribution in [2.24, 2.45) is 0 Å². The lowest BCUT2D eigenvalue weighted by atomic mass is 9.97. The van der Waals surface area contributed by atoms with E-state index in [9.17, 15) is 19.8 Å². The second kappa shape index (κ2) is 5.05. The first-order valence-corrected chi connectivity index (χ1v) is 5.88. The molecule has 1 amide bonds. The number of Topliss-reactive ketones (excluding diaryl/α,β-unsaturated/α-hetero) is 1. The Morgan fingerprint density at radius 2 is 1.95 bits per heavy atom. The summed E-state index contributed by atoms with van der Waals surface area (Å²) in [4.78, 5) is 24.7. The highest BCUT2D eigenvalue weighted by molar-refractivity contribution is 6.08. The number of aromatic hydroxyl groups is 1. The quantitative estimate of drug-likeness (QED) is 0.805. The maximum atomic E-state index is 11.9. The second-order valence-corrected chi connectivity index (χ2v) is 4.40. The zero-order valence-electron chi connectivity index (χ0n) is 10.7. The van der Waals surface area contributed by atoms with Crippen LogP contribution < -0.4 is 0 Å².